The van der Waals surface area contributed by atoms with Gasteiger partial charge in [0.25, 0.3) is 0 Å². The van der Waals surface area contributed by atoms with Crippen LogP contribution in [0.25, 0.3) is 37.7 Å². The maximum Gasteiger partial charge on any atom is 0.235 e. The lowest BCUT2D eigenvalue weighted by atomic mass is 10.1. The van der Waals surface area contributed by atoms with E-state index in [0.29, 0.717) is 23.9 Å². The Labute approximate surface area is 188 Å². The highest BCUT2D eigenvalue weighted by Crippen LogP contribution is 2.29. The zero-order valence-electron chi connectivity index (χ0n) is 17.0. The van der Waals surface area contributed by atoms with E-state index in [1.54, 1.807) is 24.8 Å². The molecule has 5 aromatic rings. The molecule has 1 N–H and O–H groups in total. The fourth-order valence-electron chi connectivity index (χ4n) is 3.26. The number of fused-ring (bicyclic) bond motifs is 1. The molecule has 0 saturated carbocycles. The number of aromatic nitrogens is 6. The van der Waals surface area contributed by atoms with Crippen LogP contribution in [0.2, 0.25) is 0 Å². The molecule has 5 rings (SSSR count). The van der Waals surface area contributed by atoms with Gasteiger partial charge in [-0.05, 0) is 59.9 Å². The van der Waals surface area contributed by atoms with Crippen LogP contribution < -0.4 is 5.32 Å². The molecule has 0 atom stereocenters. The Morgan fingerprint density at radius 1 is 1.03 bits per heavy atom. The van der Waals surface area contributed by atoms with E-state index >= 15 is 0 Å². The predicted octanol–water partition coefficient (Wildman–Crippen LogP) is 5.08. The Morgan fingerprint density at radius 2 is 1.97 bits per heavy atom. The lowest BCUT2D eigenvalue weighted by Crippen LogP contribution is -2.02. The van der Waals surface area contributed by atoms with Crippen molar-refractivity contribution in [1.82, 2.24) is 29.3 Å². The second-order valence-corrected chi connectivity index (χ2v) is 7.80. The van der Waals surface area contributed by atoms with Crippen molar-refractivity contribution in [3.8, 4) is 22.0 Å². The minimum atomic E-state index is 0.455. The number of hydrogen-bond donors (Lipinski definition) is 1. The van der Waals surface area contributed by atoms with E-state index in [2.05, 4.69) is 39.5 Å². The van der Waals surface area contributed by atoms with Crippen LogP contribution in [0.4, 0.5) is 11.6 Å². The Balaban J connectivity index is 1.33. The summed E-state index contributed by atoms with van der Waals surface area (Å²) in [6.07, 6.45) is 6.97. The highest BCUT2D eigenvalue weighted by atomic mass is 32.1. The minimum Gasteiger partial charge on any atom is -0.349 e. The van der Waals surface area contributed by atoms with Gasteiger partial charge in [-0.2, -0.15) is 9.36 Å². The molecule has 0 spiro atoms. The first-order valence-corrected chi connectivity index (χ1v) is 10.5. The number of pyridine rings is 4. The molecule has 0 aliphatic rings. The van der Waals surface area contributed by atoms with Gasteiger partial charge in [0.2, 0.25) is 11.6 Å². The van der Waals surface area contributed by atoms with Gasteiger partial charge in [0.1, 0.15) is 5.69 Å². The first kappa shape index (κ1) is 19.7. The Kier molecular flexibility index (Phi) is 5.19. The standard InChI is InChI=1S/C23H16N8S/c1-14-8-17(5-7-25-14)21-18(24-2)9-15(11-28-21)12-29-23-30-22(32-31-23)19-10-16-4-3-6-26-20(16)13-27-19/h3-11,13H,12H2,1H3,(H,29,31). The summed E-state index contributed by atoms with van der Waals surface area (Å²) in [6, 6.07) is 11.5. The number of nitrogens with zero attached hydrogens (tertiary/aromatic N) is 7. The summed E-state index contributed by atoms with van der Waals surface area (Å²) in [6.45, 7) is 9.92. The van der Waals surface area contributed by atoms with Crippen LogP contribution in [0.15, 0.2) is 61.2 Å². The summed E-state index contributed by atoms with van der Waals surface area (Å²) >= 11 is 1.28. The van der Waals surface area contributed by atoms with E-state index in [4.69, 9.17) is 6.57 Å². The Hall–Kier alpha value is -4.29. The van der Waals surface area contributed by atoms with Crippen molar-refractivity contribution in [3.05, 3.63) is 83.9 Å². The lowest BCUT2D eigenvalue weighted by molar-refractivity contribution is 1.08. The lowest BCUT2D eigenvalue weighted by Gasteiger charge is -2.07. The minimum absolute atomic E-state index is 0.455. The normalized spacial score (nSPS) is 10.8. The van der Waals surface area contributed by atoms with Crippen molar-refractivity contribution in [3.63, 3.8) is 0 Å². The molecule has 0 aliphatic heterocycles. The highest BCUT2D eigenvalue weighted by molar-refractivity contribution is 7.09. The molecule has 32 heavy (non-hydrogen) atoms. The molecule has 5 aromatic heterocycles. The predicted molar refractivity (Wildman–Crippen MR) is 124 cm³/mol. The largest absolute Gasteiger partial charge is 0.349 e. The molecule has 0 unspecified atom stereocenters. The summed E-state index contributed by atoms with van der Waals surface area (Å²) < 4.78 is 4.38. The summed E-state index contributed by atoms with van der Waals surface area (Å²) in [5.41, 5.74) is 5.38. The molecular weight excluding hydrogens is 420 g/mol. The Morgan fingerprint density at radius 3 is 2.84 bits per heavy atom. The van der Waals surface area contributed by atoms with Crippen LogP contribution in [0.1, 0.15) is 11.3 Å². The molecule has 0 bridgehead atoms. The summed E-state index contributed by atoms with van der Waals surface area (Å²) in [7, 11) is 0. The van der Waals surface area contributed by atoms with E-state index in [0.717, 1.165) is 38.4 Å². The molecule has 0 radical (unpaired) electrons. The third-order valence-electron chi connectivity index (χ3n) is 4.80. The van der Waals surface area contributed by atoms with Crippen molar-refractivity contribution in [1.29, 1.82) is 0 Å². The van der Waals surface area contributed by atoms with Crippen molar-refractivity contribution < 1.29 is 0 Å². The van der Waals surface area contributed by atoms with E-state index in [1.165, 1.54) is 11.5 Å². The van der Waals surface area contributed by atoms with Crippen LogP contribution in [0.3, 0.4) is 0 Å². The van der Waals surface area contributed by atoms with Gasteiger partial charge in [-0.1, -0.05) is 6.07 Å². The summed E-state index contributed by atoms with van der Waals surface area (Å²) in [4.78, 5) is 25.7. The van der Waals surface area contributed by atoms with E-state index in [-0.39, 0.29) is 0 Å². The number of nitrogens with one attached hydrogen (secondary N) is 1. The highest BCUT2D eigenvalue weighted by Gasteiger charge is 2.11. The summed E-state index contributed by atoms with van der Waals surface area (Å²) in [5, 5.41) is 4.93. The first-order chi connectivity index (χ1) is 15.7. The van der Waals surface area contributed by atoms with Gasteiger partial charge in [-0.25, -0.2) is 4.85 Å². The van der Waals surface area contributed by atoms with Gasteiger partial charge in [0.05, 0.1) is 24.0 Å². The molecule has 9 heteroatoms. The fraction of sp³-hybridized carbons (Fsp3) is 0.0870. The van der Waals surface area contributed by atoms with Gasteiger partial charge in [0.15, 0.2) is 5.01 Å². The fourth-order valence-corrected chi connectivity index (χ4v) is 3.88. The zero-order valence-corrected chi connectivity index (χ0v) is 17.8. The van der Waals surface area contributed by atoms with Crippen molar-refractivity contribution in [2.75, 3.05) is 5.32 Å². The molecule has 0 fully saturated rings. The van der Waals surface area contributed by atoms with Gasteiger partial charge in [-0.15, -0.1) is 0 Å². The number of aryl methyl sites for hydroxylation is 1. The van der Waals surface area contributed by atoms with Crippen molar-refractivity contribution in [2.24, 2.45) is 0 Å². The zero-order chi connectivity index (χ0) is 21.9. The van der Waals surface area contributed by atoms with E-state index in [9.17, 15) is 0 Å². The van der Waals surface area contributed by atoms with E-state index < -0.39 is 0 Å². The molecule has 0 aromatic carbocycles. The smallest absolute Gasteiger partial charge is 0.235 e. The second-order valence-electron chi connectivity index (χ2n) is 7.05. The average molecular weight is 437 g/mol. The molecule has 0 amide bonds. The first-order valence-electron chi connectivity index (χ1n) is 9.78. The number of hydrogen-bond acceptors (Lipinski definition) is 8. The third kappa shape index (κ3) is 3.99. The third-order valence-corrected chi connectivity index (χ3v) is 5.54. The maximum absolute atomic E-state index is 7.55. The van der Waals surface area contributed by atoms with E-state index in [1.807, 2.05) is 43.3 Å². The molecule has 154 valence electrons. The van der Waals surface area contributed by atoms with Crippen LogP contribution in [0, 0.1) is 13.5 Å². The van der Waals surface area contributed by atoms with Gasteiger partial charge < -0.3 is 5.32 Å². The number of anilines is 1. The molecule has 5 heterocycles. The van der Waals surface area contributed by atoms with Gasteiger partial charge in [0, 0.05) is 36.2 Å². The van der Waals surface area contributed by atoms with Crippen molar-refractivity contribution >= 4 is 34.1 Å². The van der Waals surface area contributed by atoms with Gasteiger partial charge in [-0.3, -0.25) is 19.9 Å². The van der Waals surface area contributed by atoms with Crippen LogP contribution >= 0.6 is 11.5 Å². The van der Waals surface area contributed by atoms with Gasteiger partial charge >= 0.3 is 0 Å². The topological polar surface area (TPSA) is 93.7 Å². The second kappa shape index (κ2) is 8.45. The molecule has 0 saturated heterocycles. The average Bonchev–Trinajstić information content (AvgIpc) is 3.31. The molecule has 0 aliphatic carbocycles. The molecular formula is C23H16N8S. The van der Waals surface area contributed by atoms with Crippen molar-refractivity contribution in [2.45, 2.75) is 13.5 Å². The van der Waals surface area contributed by atoms with Crippen LogP contribution in [-0.4, -0.2) is 29.3 Å². The monoisotopic (exact) mass is 436 g/mol. The SMILES string of the molecule is [C-]#[N+]c1cc(CNc2nsc(-c3cc4cccnc4cn3)n2)cnc1-c1ccnc(C)c1. The van der Waals surface area contributed by atoms with Crippen LogP contribution in [0.5, 0.6) is 0 Å². The number of rotatable bonds is 5. The Bertz CT molecular complexity index is 1470. The molecule has 8 nitrogen and oxygen atoms in total. The summed E-state index contributed by atoms with van der Waals surface area (Å²) in [5.74, 6) is 0.510. The quantitative estimate of drug-likeness (QED) is 0.384. The van der Waals surface area contributed by atoms with Crippen LogP contribution in [-0.2, 0) is 6.54 Å². The maximum atomic E-state index is 7.55.